The summed E-state index contributed by atoms with van der Waals surface area (Å²) in [6, 6.07) is 6.64. The maximum absolute atomic E-state index is 13.6. The van der Waals surface area contributed by atoms with Crippen molar-refractivity contribution in [1.82, 2.24) is 5.32 Å². The van der Waals surface area contributed by atoms with Crippen LogP contribution in [0.25, 0.3) is 0 Å². The molecule has 5 heteroatoms. The van der Waals surface area contributed by atoms with Gasteiger partial charge in [-0.05, 0) is 37.7 Å². The molecule has 108 valence electrons. The van der Waals surface area contributed by atoms with Gasteiger partial charge < -0.3 is 14.5 Å². The molecule has 1 heterocycles. The minimum Gasteiger partial charge on any atom is -0.483 e. The van der Waals surface area contributed by atoms with Crippen LogP contribution in [0.4, 0.5) is 4.39 Å². The summed E-state index contributed by atoms with van der Waals surface area (Å²) < 4.78 is 25.3. The molecule has 1 aromatic heterocycles. The highest BCUT2D eigenvalue weighted by molar-refractivity contribution is 9.10. The second kappa shape index (κ2) is 6.90. The van der Waals surface area contributed by atoms with Crippen molar-refractivity contribution in [1.29, 1.82) is 0 Å². The number of hydrogen-bond acceptors (Lipinski definition) is 3. The van der Waals surface area contributed by atoms with Crippen LogP contribution in [0.15, 0.2) is 33.2 Å². The molecule has 1 N–H and O–H groups in total. The molecule has 0 saturated carbocycles. The van der Waals surface area contributed by atoms with E-state index in [4.69, 9.17) is 9.15 Å². The molecule has 0 bridgehead atoms. The van der Waals surface area contributed by atoms with Gasteiger partial charge in [0.1, 0.15) is 18.1 Å². The third-order valence-electron chi connectivity index (χ3n) is 2.90. The smallest absolute Gasteiger partial charge is 0.166 e. The fraction of sp³-hybridized carbons (Fsp3) is 0.333. The normalized spacial score (nSPS) is 10.8. The topological polar surface area (TPSA) is 34.4 Å². The molecule has 3 nitrogen and oxygen atoms in total. The van der Waals surface area contributed by atoms with Crippen LogP contribution < -0.4 is 10.1 Å². The molecule has 0 saturated heterocycles. The molecule has 0 fully saturated rings. The highest BCUT2D eigenvalue weighted by Crippen LogP contribution is 2.23. The van der Waals surface area contributed by atoms with E-state index in [0.29, 0.717) is 10.2 Å². The average Bonchev–Trinajstić information content (AvgIpc) is 2.76. The van der Waals surface area contributed by atoms with Gasteiger partial charge in [0.15, 0.2) is 11.6 Å². The zero-order valence-electron chi connectivity index (χ0n) is 11.5. The van der Waals surface area contributed by atoms with E-state index in [1.165, 1.54) is 6.07 Å². The van der Waals surface area contributed by atoms with Crippen molar-refractivity contribution in [2.24, 2.45) is 0 Å². The Morgan fingerprint density at radius 1 is 1.35 bits per heavy atom. The van der Waals surface area contributed by atoms with Gasteiger partial charge in [0, 0.05) is 16.6 Å². The molecular weight excluding hydrogens is 325 g/mol. The van der Waals surface area contributed by atoms with E-state index in [1.54, 1.807) is 12.1 Å². The first-order valence-corrected chi connectivity index (χ1v) is 7.26. The van der Waals surface area contributed by atoms with E-state index in [9.17, 15) is 4.39 Å². The van der Waals surface area contributed by atoms with Crippen molar-refractivity contribution in [3.63, 3.8) is 0 Å². The summed E-state index contributed by atoms with van der Waals surface area (Å²) in [4.78, 5) is 0. The Labute approximate surface area is 126 Å². The quantitative estimate of drug-likeness (QED) is 0.855. The summed E-state index contributed by atoms with van der Waals surface area (Å²) in [6.07, 6.45) is 0. The lowest BCUT2D eigenvalue weighted by Gasteiger charge is -2.05. The van der Waals surface area contributed by atoms with Crippen LogP contribution in [0.2, 0.25) is 0 Å². The van der Waals surface area contributed by atoms with Gasteiger partial charge in [-0.15, -0.1) is 0 Å². The fourth-order valence-corrected chi connectivity index (χ4v) is 2.17. The lowest BCUT2D eigenvalue weighted by atomic mass is 10.2. The second-order valence-electron chi connectivity index (χ2n) is 4.44. The molecule has 1 aromatic carbocycles. The van der Waals surface area contributed by atoms with Crippen molar-refractivity contribution >= 4 is 15.9 Å². The van der Waals surface area contributed by atoms with Crippen LogP contribution >= 0.6 is 15.9 Å². The van der Waals surface area contributed by atoms with Crippen molar-refractivity contribution in [3.8, 4) is 5.75 Å². The summed E-state index contributed by atoms with van der Waals surface area (Å²) >= 11 is 3.21. The van der Waals surface area contributed by atoms with Gasteiger partial charge >= 0.3 is 0 Å². The molecule has 20 heavy (non-hydrogen) atoms. The molecule has 0 aliphatic rings. The van der Waals surface area contributed by atoms with E-state index in [1.807, 2.05) is 13.0 Å². The van der Waals surface area contributed by atoms with Crippen LogP contribution in [0.5, 0.6) is 5.75 Å². The van der Waals surface area contributed by atoms with Gasteiger partial charge in [-0.2, -0.15) is 0 Å². The largest absolute Gasteiger partial charge is 0.483 e. The van der Waals surface area contributed by atoms with Gasteiger partial charge in [0.05, 0.1) is 0 Å². The third kappa shape index (κ3) is 3.84. The minimum atomic E-state index is -0.393. The molecule has 2 rings (SSSR count). The number of rotatable bonds is 6. The first kappa shape index (κ1) is 15.1. The summed E-state index contributed by atoms with van der Waals surface area (Å²) in [5, 5.41) is 3.24. The summed E-state index contributed by atoms with van der Waals surface area (Å²) in [7, 11) is 0. The minimum absolute atomic E-state index is 0.214. The van der Waals surface area contributed by atoms with Crippen molar-refractivity contribution in [2.75, 3.05) is 6.54 Å². The zero-order valence-corrected chi connectivity index (χ0v) is 13.1. The van der Waals surface area contributed by atoms with Gasteiger partial charge in [0.25, 0.3) is 0 Å². The van der Waals surface area contributed by atoms with Gasteiger partial charge in [-0.25, -0.2) is 4.39 Å². The highest BCUT2D eigenvalue weighted by Gasteiger charge is 2.09. The number of halogens is 2. The maximum atomic E-state index is 13.6. The molecule has 0 aliphatic carbocycles. The first-order chi connectivity index (χ1) is 9.60. The SMILES string of the molecule is CCNCc1cc(COc2ccc(Br)cc2F)oc1C. The molecule has 0 radical (unpaired) electrons. The average molecular weight is 342 g/mol. The van der Waals surface area contributed by atoms with Crippen molar-refractivity contribution in [3.05, 3.63) is 51.6 Å². The van der Waals surface area contributed by atoms with E-state index < -0.39 is 5.82 Å². The Hall–Kier alpha value is -1.33. The number of ether oxygens (including phenoxy) is 1. The highest BCUT2D eigenvalue weighted by atomic mass is 79.9. The van der Waals surface area contributed by atoms with Crippen LogP contribution in [0.3, 0.4) is 0 Å². The molecule has 0 unspecified atom stereocenters. The van der Waals surface area contributed by atoms with E-state index in [0.717, 1.165) is 24.4 Å². The Bertz CT molecular complexity index is 583. The first-order valence-electron chi connectivity index (χ1n) is 6.47. The molecule has 0 aliphatic heterocycles. The predicted molar refractivity (Wildman–Crippen MR) is 79.3 cm³/mol. The number of hydrogen-bond donors (Lipinski definition) is 1. The number of aryl methyl sites for hydroxylation is 1. The Balaban J connectivity index is 2.00. The predicted octanol–water partition coefficient (Wildman–Crippen LogP) is 4.18. The van der Waals surface area contributed by atoms with Crippen LogP contribution in [0, 0.1) is 12.7 Å². The number of furan rings is 1. The van der Waals surface area contributed by atoms with E-state index in [-0.39, 0.29) is 12.4 Å². The standard InChI is InChI=1S/C15H17BrFNO2/c1-3-18-8-11-6-13(20-10(11)2)9-19-15-5-4-12(16)7-14(15)17/h4-7,18H,3,8-9H2,1-2H3. The van der Waals surface area contributed by atoms with Crippen molar-refractivity contribution < 1.29 is 13.5 Å². The zero-order chi connectivity index (χ0) is 14.5. The molecule has 0 spiro atoms. The summed E-state index contributed by atoms with van der Waals surface area (Å²) in [5.74, 6) is 1.38. The second-order valence-corrected chi connectivity index (χ2v) is 5.35. The van der Waals surface area contributed by atoms with Crippen LogP contribution in [-0.4, -0.2) is 6.54 Å². The van der Waals surface area contributed by atoms with E-state index in [2.05, 4.69) is 28.2 Å². The van der Waals surface area contributed by atoms with E-state index >= 15 is 0 Å². The number of benzene rings is 1. The Kier molecular flexibility index (Phi) is 5.20. The maximum Gasteiger partial charge on any atom is 0.166 e. The van der Waals surface area contributed by atoms with Crippen LogP contribution in [0.1, 0.15) is 24.0 Å². The van der Waals surface area contributed by atoms with Crippen LogP contribution in [-0.2, 0) is 13.2 Å². The molecular formula is C15H17BrFNO2. The lowest BCUT2D eigenvalue weighted by molar-refractivity contribution is 0.256. The molecule has 0 amide bonds. The van der Waals surface area contributed by atoms with Gasteiger partial charge in [-0.1, -0.05) is 22.9 Å². The summed E-state index contributed by atoms with van der Waals surface area (Å²) in [6.45, 7) is 5.84. The third-order valence-corrected chi connectivity index (χ3v) is 3.39. The molecule has 0 atom stereocenters. The monoisotopic (exact) mass is 341 g/mol. The lowest BCUT2D eigenvalue weighted by Crippen LogP contribution is -2.11. The molecule has 2 aromatic rings. The van der Waals surface area contributed by atoms with Gasteiger partial charge in [0.2, 0.25) is 0 Å². The Morgan fingerprint density at radius 3 is 2.85 bits per heavy atom. The van der Waals surface area contributed by atoms with Crippen molar-refractivity contribution in [2.45, 2.75) is 27.0 Å². The summed E-state index contributed by atoms with van der Waals surface area (Å²) in [5.41, 5.74) is 1.10. The fourth-order valence-electron chi connectivity index (χ4n) is 1.84. The van der Waals surface area contributed by atoms with Gasteiger partial charge in [-0.3, -0.25) is 0 Å². The number of nitrogens with one attached hydrogen (secondary N) is 1. The Morgan fingerprint density at radius 2 is 2.15 bits per heavy atom.